The third-order valence-corrected chi connectivity index (χ3v) is 6.49. The van der Waals surface area contributed by atoms with Gasteiger partial charge in [-0.1, -0.05) is 48.9 Å². The van der Waals surface area contributed by atoms with Crippen LogP contribution in [0.3, 0.4) is 0 Å². The first-order valence-electron chi connectivity index (χ1n) is 9.44. The van der Waals surface area contributed by atoms with E-state index in [1.165, 1.54) is 9.87 Å². The van der Waals surface area contributed by atoms with E-state index < -0.39 is 16.1 Å². The Balaban J connectivity index is 1.90. The molecule has 1 aliphatic rings. The van der Waals surface area contributed by atoms with Crippen molar-refractivity contribution in [1.29, 1.82) is 0 Å². The summed E-state index contributed by atoms with van der Waals surface area (Å²) in [5.74, 6) is -0.297. The molecule has 3 rings (SSSR count). The number of nitrogens with zero attached hydrogens (tertiary/aromatic N) is 1. The average Bonchev–Trinajstić information content (AvgIpc) is 2.65. The molecule has 28 heavy (non-hydrogen) atoms. The highest BCUT2D eigenvalue weighted by molar-refractivity contribution is 7.92. The van der Waals surface area contributed by atoms with Gasteiger partial charge in [-0.15, -0.1) is 0 Å². The van der Waals surface area contributed by atoms with Crippen LogP contribution in [0.15, 0.2) is 48.5 Å². The van der Waals surface area contributed by atoms with Crippen molar-refractivity contribution < 1.29 is 13.2 Å². The number of rotatable bonds is 6. The molecule has 0 aliphatic heterocycles. The molecule has 0 saturated heterocycles. The topological polar surface area (TPSA) is 66.5 Å². The van der Waals surface area contributed by atoms with Gasteiger partial charge in [-0.2, -0.15) is 0 Å². The molecule has 2 atom stereocenters. The van der Waals surface area contributed by atoms with Gasteiger partial charge in [0.1, 0.15) is 6.04 Å². The third-order valence-electron chi connectivity index (χ3n) is 5.08. The fraction of sp³-hybridized carbons (Fsp3) is 0.381. The smallest absolute Gasteiger partial charge is 0.244 e. The van der Waals surface area contributed by atoms with Gasteiger partial charge in [0.25, 0.3) is 0 Å². The van der Waals surface area contributed by atoms with Crippen LogP contribution in [-0.4, -0.2) is 26.6 Å². The van der Waals surface area contributed by atoms with Crippen LogP contribution in [-0.2, 0) is 21.2 Å². The molecule has 7 heteroatoms. The van der Waals surface area contributed by atoms with Crippen molar-refractivity contribution in [2.75, 3.05) is 10.6 Å². The standard InChI is InChI=1S/C21H25ClN2O3S/c1-3-20(24(28(2,26)27)17-11-7-10-16(22)14-17)21(25)23-19-13-6-9-15-8-4-5-12-18(15)19/h4-5,7-8,10-12,14,19-20H,3,6,9,13H2,1-2H3,(H,23,25)/t19-,20-/m1/s1. The molecule has 0 spiro atoms. The van der Waals surface area contributed by atoms with Gasteiger partial charge in [0.05, 0.1) is 18.0 Å². The van der Waals surface area contributed by atoms with E-state index >= 15 is 0 Å². The summed E-state index contributed by atoms with van der Waals surface area (Å²) in [4.78, 5) is 13.1. The fourth-order valence-electron chi connectivity index (χ4n) is 3.85. The van der Waals surface area contributed by atoms with Crippen molar-refractivity contribution in [3.8, 4) is 0 Å². The molecular formula is C21H25ClN2O3S. The van der Waals surface area contributed by atoms with Gasteiger partial charge >= 0.3 is 0 Å². The number of carbonyl (C=O) groups is 1. The highest BCUT2D eigenvalue weighted by Gasteiger charge is 2.33. The van der Waals surface area contributed by atoms with Crippen LogP contribution >= 0.6 is 11.6 Å². The molecule has 0 heterocycles. The van der Waals surface area contributed by atoms with Crippen LogP contribution in [0.4, 0.5) is 5.69 Å². The van der Waals surface area contributed by atoms with Crippen LogP contribution in [0.2, 0.25) is 5.02 Å². The lowest BCUT2D eigenvalue weighted by molar-refractivity contribution is -0.123. The van der Waals surface area contributed by atoms with Crippen LogP contribution < -0.4 is 9.62 Å². The predicted octanol–water partition coefficient (Wildman–Crippen LogP) is 4.08. The molecule has 0 saturated carbocycles. The molecular weight excluding hydrogens is 396 g/mol. The van der Waals surface area contributed by atoms with Crippen molar-refractivity contribution in [2.45, 2.75) is 44.7 Å². The third kappa shape index (κ3) is 4.50. The van der Waals surface area contributed by atoms with E-state index in [4.69, 9.17) is 11.6 Å². The number of sulfonamides is 1. The van der Waals surface area contributed by atoms with E-state index in [1.54, 1.807) is 24.3 Å². The molecule has 150 valence electrons. The number of hydrogen-bond donors (Lipinski definition) is 1. The molecule has 0 fully saturated rings. The average molecular weight is 421 g/mol. The van der Waals surface area contributed by atoms with E-state index in [9.17, 15) is 13.2 Å². The lowest BCUT2D eigenvalue weighted by atomic mass is 9.87. The Kier molecular flexibility index (Phi) is 6.30. The normalized spacial score (nSPS) is 17.5. The fourth-order valence-corrected chi connectivity index (χ4v) is 5.23. The quantitative estimate of drug-likeness (QED) is 0.765. The summed E-state index contributed by atoms with van der Waals surface area (Å²) >= 11 is 6.06. The first-order valence-corrected chi connectivity index (χ1v) is 11.7. The molecule has 0 aromatic heterocycles. The van der Waals surface area contributed by atoms with Crippen molar-refractivity contribution >= 4 is 33.2 Å². The summed E-state index contributed by atoms with van der Waals surface area (Å²) in [7, 11) is -3.68. The zero-order valence-corrected chi connectivity index (χ0v) is 17.6. The molecule has 1 N–H and O–H groups in total. The Hall–Kier alpha value is -2.05. The van der Waals surface area contributed by atoms with Crippen molar-refractivity contribution in [3.63, 3.8) is 0 Å². The first-order chi connectivity index (χ1) is 13.3. The summed E-state index contributed by atoms with van der Waals surface area (Å²) in [5, 5.41) is 3.50. The molecule has 2 aromatic rings. The van der Waals surface area contributed by atoms with Gasteiger partial charge in [-0.05, 0) is 55.0 Å². The molecule has 0 unspecified atom stereocenters. The van der Waals surface area contributed by atoms with Crippen LogP contribution in [0.1, 0.15) is 43.4 Å². The predicted molar refractivity (Wildman–Crippen MR) is 113 cm³/mol. The van der Waals surface area contributed by atoms with Crippen LogP contribution in [0.5, 0.6) is 0 Å². The lowest BCUT2D eigenvalue weighted by Gasteiger charge is -2.33. The summed E-state index contributed by atoms with van der Waals surface area (Å²) in [6, 6.07) is 13.7. The first kappa shape index (κ1) is 20.7. The number of aryl methyl sites for hydroxylation is 1. The number of carbonyl (C=O) groups excluding carboxylic acids is 1. The van der Waals surface area contributed by atoms with Gasteiger partial charge < -0.3 is 5.32 Å². The summed E-state index contributed by atoms with van der Waals surface area (Å²) < 4.78 is 26.3. The van der Waals surface area contributed by atoms with Gasteiger partial charge in [0.15, 0.2) is 0 Å². The van der Waals surface area contributed by atoms with E-state index in [-0.39, 0.29) is 11.9 Å². The largest absolute Gasteiger partial charge is 0.347 e. The van der Waals surface area contributed by atoms with Crippen LogP contribution in [0.25, 0.3) is 0 Å². The zero-order chi connectivity index (χ0) is 20.3. The van der Waals surface area contributed by atoms with E-state index in [0.717, 1.165) is 31.1 Å². The van der Waals surface area contributed by atoms with Gasteiger partial charge in [0.2, 0.25) is 15.9 Å². The van der Waals surface area contributed by atoms with Gasteiger partial charge in [-0.3, -0.25) is 9.10 Å². The number of halogens is 1. The Morgan fingerprint density at radius 2 is 2.00 bits per heavy atom. The Bertz CT molecular complexity index is 962. The molecule has 5 nitrogen and oxygen atoms in total. The minimum Gasteiger partial charge on any atom is -0.347 e. The van der Waals surface area contributed by atoms with Gasteiger partial charge in [0, 0.05) is 5.02 Å². The maximum atomic E-state index is 13.1. The minimum absolute atomic E-state index is 0.104. The summed E-state index contributed by atoms with van der Waals surface area (Å²) in [5.41, 5.74) is 2.74. The van der Waals surface area contributed by atoms with Crippen molar-refractivity contribution in [1.82, 2.24) is 5.32 Å². The van der Waals surface area contributed by atoms with E-state index in [2.05, 4.69) is 11.4 Å². The Morgan fingerprint density at radius 1 is 1.25 bits per heavy atom. The Labute approximate surface area is 171 Å². The molecule has 0 bridgehead atoms. The number of anilines is 1. The van der Waals surface area contributed by atoms with E-state index in [1.807, 2.05) is 25.1 Å². The molecule has 0 radical (unpaired) electrons. The van der Waals surface area contributed by atoms with E-state index in [0.29, 0.717) is 17.1 Å². The maximum absolute atomic E-state index is 13.1. The minimum atomic E-state index is -3.68. The number of nitrogens with one attached hydrogen (secondary N) is 1. The number of amides is 1. The van der Waals surface area contributed by atoms with Crippen molar-refractivity contribution in [3.05, 3.63) is 64.7 Å². The maximum Gasteiger partial charge on any atom is 0.244 e. The highest BCUT2D eigenvalue weighted by atomic mass is 35.5. The molecule has 2 aromatic carbocycles. The lowest BCUT2D eigenvalue weighted by Crippen LogP contribution is -2.50. The van der Waals surface area contributed by atoms with Crippen molar-refractivity contribution in [2.24, 2.45) is 0 Å². The zero-order valence-electron chi connectivity index (χ0n) is 16.1. The molecule has 1 aliphatic carbocycles. The summed E-state index contributed by atoms with van der Waals surface area (Å²) in [6.45, 7) is 1.81. The Morgan fingerprint density at radius 3 is 2.68 bits per heavy atom. The second-order valence-electron chi connectivity index (χ2n) is 7.11. The number of hydrogen-bond acceptors (Lipinski definition) is 3. The second-order valence-corrected chi connectivity index (χ2v) is 9.41. The second kappa shape index (κ2) is 8.53. The molecule has 1 amide bonds. The monoisotopic (exact) mass is 420 g/mol. The van der Waals surface area contributed by atoms with Gasteiger partial charge in [-0.25, -0.2) is 8.42 Å². The highest BCUT2D eigenvalue weighted by Crippen LogP contribution is 2.30. The van der Waals surface area contributed by atoms with Crippen LogP contribution in [0, 0.1) is 0 Å². The SMILES string of the molecule is CC[C@H](C(=O)N[C@@H]1CCCc2ccccc21)N(c1cccc(Cl)c1)S(C)(=O)=O. The number of fused-ring (bicyclic) bond motifs is 1. The summed E-state index contributed by atoms with van der Waals surface area (Å²) in [6.07, 6.45) is 4.29. The number of benzene rings is 2.